The summed E-state index contributed by atoms with van der Waals surface area (Å²) < 4.78 is 5.81. The zero-order valence-corrected chi connectivity index (χ0v) is 20.5. The molecule has 1 aliphatic heterocycles. The van der Waals surface area contributed by atoms with Crippen molar-refractivity contribution in [2.24, 2.45) is 5.92 Å². The van der Waals surface area contributed by atoms with Crippen molar-refractivity contribution in [2.75, 3.05) is 5.75 Å². The van der Waals surface area contributed by atoms with Crippen LogP contribution in [-0.4, -0.2) is 22.9 Å². The van der Waals surface area contributed by atoms with Crippen LogP contribution < -0.4 is 0 Å². The van der Waals surface area contributed by atoms with Crippen LogP contribution in [-0.2, 0) is 14.9 Å². The maximum Gasteiger partial charge on any atom is 0.342 e. The fourth-order valence-electron chi connectivity index (χ4n) is 4.17. The molecule has 1 heterocycles. The van der Waals surface area contributed by atoms with Crippen molar-refractivity contribution in [3.05, 3.63) is 70.0 Å². The number of cyclic esters (lactones) is 1. The van der Waals surface area contributed by atoms with E-state index in [9.17, 15) is 9.90 Å². The summed E-state index contributed by atoms with van der Waals surface area (Å²) in [5, 5.41) is 10.8. The topological polar surface area (TPSA) is 46.5 Å². The Kier molecular flexibility index (Phi) is 6.90. The number of rotatable bonds is 5. The van der Waals surface area contributed by atoms with E-state index >= 15 is 0 Å². The van der Waals surface area contributed by atoms with E-state index in [1.54, 1.807) is 11.8 Å². The van der Waals surface area contributed by atoms with Gasteiger partial charge in [0.1, 0.15) is 17.4 Å². The van der Waals surface area contributed by atoms with Gasteiger partial charge >= 0.3 is 5.97 Å². The van der Waals surface area contributed by atoms with Crippen molar-refractivity contribution >= 4 is 23.3 Å². The molecule has 0 spiro atoms. The van der Waals surface area contributed by atoms with Crippen LogP contribution in [0.25, 0.3) is 5.57 Å². The minimum atomic E-state index is -0.421. The SMILES string of the molecule is Cc1cc(C)c(C2=C(O)CC(C(C)CSc3ccc(C(C)(C)C)cc3)OC2=O)c(C)c1. The number of aliphatic hydroxyl groups is 1. The summed E-state index contributed by atoms with van der Waals surface area (Å²) in [6.07, 6.45) is 0.0436. The molecule has 0 aliphatic carbocycles. The van der Waals surface area contributed by atoms with E-state index in [0.717, 1.165) is 28.0 Å². The van der Waals surface area contributed by atoms with Crippen molar-refractivity contribution in [1.82, 2.24) is 0 Å². The van der Waals surface area contributed by atoms with Gasteiger partial charge in [0, 0.05) is 23.0 Å². The Morgan fingerprint density at radius 1 is 1.10 bits per heavy atom. The van der Waals surface area contributed by atoms with Crippen molar-refractivity contribution in [3.63, 3.8) is 0 Å². The highest BCUT2D eigenvalue weighted by Gasteiger charge is 2.34. The Morgan fingerprint density at radius 3 is 2.19 bits per heavy atom. The van der Waals surface area contributed by atoms with Crippen molar-refractivity contribution in [3.8, 4) is 0 Å². The summed E-state index contributed by atoms with van der Waals surface area (Å²) in [5.74, 6) is 0.663. The second-order valence-corrected chi connectivity index (χ2v) is 10.9. The summed E-state index contributed by atoms with van der Waals surface area (Å²) in [5.41, 5.74) is 5.69. The number of hydrogen-bond donors (Lipinski definition) is 1. The summed E-state index contributed by atoms with van der Waals surface area (Å²) >= 11 is 1.76. The molecule has 1 aliphatic rings. The third-order valence-corrected chi connectivity index (χ3v) is 7.24. The van der Waals surface area contributed by atoms with Gasteiger partial charge < -0.3 is 9.84 Å². The van der Waals surface area contributed by atoms with Gasteiger partial charge in [-0.2, -0.15) is 0 Å². The van der Waals surface area contributed by atoms with E-state index in [-0.39, 0.29) is 23.2 Å². The predicted octanol–water partition coefficient (Wildman–Crippen LogP) is 6.92. The third kappa shape index (κ3) is 5.35. The van der Waals surface area contributed by atoms with Gasteiger partial charge in [-0.3, -0.25) is 0 Å². The van der Waals surface area contributed by atoms with Gasteiger partial charge in [-0.25, -0.2) is 4.79 Å². The average Bonchev–Trinajstić information content (AvgIpc) is 2.67. The summed E-state index contributed by atoms with van der Waals surface area (Å²) in [4.78, 5) is 14.1. The van der Waals surface area contributed by atoms with Crippen LogP contribution in [0.2, 0.25) is 0 Å². The van der Waals surface area contributed by atoms with E-state index in [2.05, 4.69) is 52.0 Å². The number of carbonyl (C=O) groups is 1. The molecular weight excluding hydrogens is 404 g/mol. The van der Waals surface area contributed by atoms with Crippen molar-refractivity contribution in [2.45, 2.75) is 71.3 Å². The molecule has 3 rings (SSSR count). The lowest BCUT2D eigenvalue weighted by molar-refractivity contribution is -0.145. The average molecular weight is 439 g/mol. The van der Waals surface area contributed by atoms with Gasteiger partial charge in [0.15, 0.2) is 0 Å². The van der Waals surface area contributed by atoms with Gasteiger partial charge in [0.2, 0.25) is 0 Å². The second kappa shape index (κ2) is 9.12. The Morgan fingerprint density at radius 2 is 1.68 bits per heavy atom. The quantitative estimate of drug-likeness (QED) is 0.406. The largest absolute Gasteiger partial charge is 0.511 e. The number of thioether (sulfide) groups is 1. The molecule has 2 atom stereocenters. The van der Waals surface area contributed by atoms with E-state index in [0.29, 0.717) is 12.0 Å². The molecule has 1 N–H and O–H groups in total. The maximum atomic E-state index is 12.9. The highest BCUT2D eigenvalue weighted by molar-refractivity contribution is 7.99. The first-order chi connectivity index (χ1) is 14.5. The third-order valence-electron chi connectivity index (χ3n) is 5.94. The predicted molar refractivity (Wildman–Crippen MR) is 130 cm³/mol. The maximum absolute atomic E-state index is 12.9. The summed E-state index contributed by atoms with van der Waals surface area (Å²) in [6.45, 7) is 14.7. The lowest BCUT2D eigenvalue weighted by Gasteiger charge is -2.29. The minimum Gasteiger partial charge on any atom is -0.511 e. The van der Waals surface area contributed by atoms with Crippen LogP contribution >= 0.6 is 11.8 Å². The van der Waals surface area contributed by atoms with Gasteiger partial charge in [-0.15, -0.1) is 11.8 Å². The number of hydrogen-bond acceptors (Lipinski definition) is 4. The van der Waals surface area contributed by atoms with E-state index in [1.165, 1.54) is 10.5 Å². The zero-order chi connectivity index (χ0) is 22.9. The normalized spacial score (nSPS) is 18.2. The molecule has 0 amide bonds. The van der Waals surface area contributed by atoms with Crippen LogP contribution in [0.3, 0.4) is 0 Å². The lowest BCUT2D eigenvalue weighted by Crippen LogP contribution is -2.32. The summed E-state index contributed by atoms with van der Waals surface area (Å²) in [6, 6.07) is 12.7. The number of ether oxygens (including phenoxy) is 1. The van der Waals surface area contributed by atoms with Crippen LogP contribution in [0.1, 0.15) is 61.9 Å². The molecule has 0 saturated carbocycles. The van der Waals surface area contributed by atoms with Crippen LogP contribution in [0.15, 0.2) is 47.1 Å². The van der Waals surface area contributed by atoms with E-state index in [1.807, 2.05) is 32.9 Å². The fraction of sp³-hybridized carbons (Fsp3) is 0.444. The smallest absolute Gasteiger partial charge is 0.342 e. The standard InChI is InChI=1S/C27H34O3S/c1-16-12-17(2)24(18(3)13-16)25-22(28)14-23(30-26(25)29)19(4)15-31-21-10-8-20(9-11-21)27(5,6)7/h8-13,19,23,28H,14-15H2,1-7H3. The Hall–Kier alpha value is -2.20. The second-order valence-electron chi connectivity index (χ2n) is 9.81. The fourth-order valence-corrected chi connectivity index (χ4v) is 5.17. The zero-order valence-electron chi connectivity index (χ0n) is 19.7. The molecule has 0 radical (unpaired) electrons. The Balaban J connectivity index is 1.70. The Bertz CT molecular complexity index is 973. The molecule has 2 unspecified atom stereocenters. The first-order valence-electron chi connectivity index (χ1n) is 10.9. The van der Waals surface area contributed by atoms with Crippen LogP contribution in [0.4, 0.5) is 0 Å². The highest BCUT2D eigenvalue weighted by Crippen LogP contribution is 2.36. The summed E-state index contributed by atoms with van der Waals surface area (Å²) in [7, 11) is 0. The van der Waals surface area contributed by atoms with Gasteiger partial charge in [0.05, 0.1) is 0 Å². The molecule has 0 saturated heterocycles. The van der Waals surface area contributed by atoms with Gasteiger partial charge in [0.25, 0.3) is 0 Å². The molecule has 166 valence electrons. The first-order valence-corrected chi connectivity index (χ1v) is 11.9. The Labute approximate surface area is 190 Å². The number of benzene rings is 2. The minimum absolute atomic E-state index is 0.125. The van der Waals surface area contributed by atoms with E-state index in [4.69, 9.17) is 4.74 Å². The van der Waals surface area contributed by atoms with Gasteiger partial charge in [-0.1, -0.05) is 57.5 Å². The number of aryl methyl sites for hydroxylation is 3. The number of esters is 1. The molecular formula is C27H34O3S. The molecule has 0 fully saturated rings. The highest BCUT2D eigenvalue weighted by atomic mass is 32.2. The van der Waals surface area contributed by atoms with Crippen LogP contribution in [0, 0.1) is 26.7 Å². The lowest BCUT2D eigenvalue weighted by atomic mass is 9.87. The molecule has 2 aromatic rings. The van der Waals surface area contributed by atoms with Crippen molar-refractivity contribution in [1.29, 1.82) is 0 Å². The number of carbonyl (C=O) groups excluding carboxylic acids is 1. The monoisotopic (exact) mass is 438 g/mol. The molecule has 3 nitrogen and oxygen atoms in total. The molecule has 31 heavy (non-hydrogen) atoms. The van der Waals surface area contributed by atoms with E-state index < -0.39 is 5.97 Å². The molecule has 4 heteroatoms. The first kappa shape index (κ1) is 23.5. The molecule has 2 aromatic carbocycles. The van der Waals surface area contributed by atoms with Crippen molar-refractivity contribution < 1.29 is 14.6 Å². The van der Waals surface area contributed by atoms with Crippen LogP contribution in [0.5, 0.6) is 0 Å². The number of aliphatic hydroxyl groups excluding tert-OH is 1. The molecule has 0 aromatic heterocycles. The molecule has 0 bridgehead atoms. The van der Waals surface area contributed by atoms with Gasteiger partial charge in [-0.05, 0) is 60.6 Å².